The van der Waals surface area contributed by atoms with E-state index in [1.807, 2.05) is 35.2 Å². The maximum atomic E-state index is 12.6. The van der Waals surface area contributed by atoms with Crippen LogP contribution < -0.4 is 20.3 Å². The number of likely N-dealkylation sites (tertiary alicyclic amines) is 1. The van der Waals surface area contributed by atoms with E-state index < -0.39 is 0 Å². The highest BCUT2D eigenvalue weighted by Crippen LogP contribution is 2.28. The van der Waals surface area contributed by atoms with Gasteiger partial charge in [-0.2, -0.15) is 0 Å². The van der Waals surface area contributed by atoms with Gasteiger partial charge in [0.15, 0.2) is 11.5 Å². The third-order valence-corrected chi connectivity index (χ3v) is 5.79. The summed E-state index contributed by atoms with van der Waals surface area (Å²) in [5.41, 5.74) is 7.50. The quantitative estimate of drug-likeness (QED) is 0.748. The third-order valence-electron chi connectivity index (χ3n) is 5.79. The lowest BCUT2D eigenvalue weighted by atomic mass is 9.94. The average Bonchev–Trinajstić information content (AvgIpc) is 3.44. The Morgan fingerprint density at radius 3 is 2.86 bits per heavy atom. The average molecular weight is 396 g/mol. The third kappa shape index (κ3) is 4.68. The number of para-hydroxylation sites is 2. The molecule has 2 aliphatic heterocycles. The molecule has 29 heavy (non-hydrogen) atoms. The van der Waals surface area contributed by atoms with E-state index in [0.717, 1.165) is 43.9 Å². The van der Waals surface area contributed by atoms with Crippen molar-refractivity contribution in [2.24, 2.45) is 5.92 Å². The van der Waals surface area contributed by atoms with Gasteiger partial charge in [-0.25, -0.2) is 0 Å². The summed E-state index contributed by atoms with van der Waals surface area (Å²) >= 11 is 0. The second-order valence-corrected chi connectivity index (χ2v) is 7.66. The van der Waals surface area contributed by atoms with Gasteiger partial charge in [0.25, 0.3) is 5.91 Å². The predicted octanol–water partition coefficient (Wildman–Crippen LogP) is 2.26. The largest absolute Gasteiger partial charge is 0.493 e. The SMILES string of the molecule is COc1ccccc1OCCC1CC(C2CCN(C(=O)c3cccnc3)C2)NN1. The fraction of sp³-hybridized carbons (Fsp3) is 0.455. The van der Waals surface area contributed by atoms with Crippen LogP contribution >= 0.6 is 0 Å². The van der Waals surface area contributed by atoms with E-state index in [9.17, 15) is 4.79 Å². The predicted molar refractivity (Wildman–Crippen MR) is 110 cm³/mol. The van der Waals surface area contributed by atoms with Crippen LogP contribution in [-0.2, 0) is 0 Å². The zero-order valence-corrected chi connectivity index (χ0v) is 16.7. The van der Waals surface area contributed by atoms with Crippen molar-refractivity contribution in [2.75, 3.05) is 26.8 Å². The van der Waals surface area contributed by atoms with Crippen molar-refractivity contribution in [2.45, 2.75) is 31.3 Å². The Hall–Kier alpha value is -2.64. The molecule has 0 bridgehead atoms. The fourth-order valence-electron chi connectivity index (χ4n) is 4.17. The number of hydrogen-bond acceptors (Lipinski definition) is 6. The van der Waals surface area contributed by atoms with E-state index in [1.54, 1.807) is 25.6 Å². The Morgan fingerprint density at radius 1 is 1.21 bits per heavy atom. The van der Waals surface area contributed by atoms with Crippen molar-refractivity contribution in [3.63, 3.8) is 0 Å². The molecule has 154 valence electrons. The first kappa shape index (κ1) is 19.7. The molecule has 3 unspecified atom stereocenters. The fourth-order valence-corrected chi connectivity index (χ4v) is 4.17. The molecule has 3 heterocycles. The van der Waals surface area contributed by atoms with Gasteiger partial charge in [-0.3, -0.25) is 20.6 Å². The molecule has 3 atom stereocenters. The zero-order valence-electron chi connectivity index (χ0n) is 16.7. The Bertz CT molecular complexity index is 817. The maximum Gasteiger partial charge on any atom is 0.255 e. The van der Waals surface area contributed by atoms with E-state index in [-0.39, 0.29) is 5.91 Å². The van der Waals surface area contributed by atoms with Crippen molar-refractivity contribution in [1.29, 1.82) is 0 Å². The highest BCUT2D eigenvalue weighted by molar-refractivity contribution is 5.94. The van der Waals surface area contributed by atoms with Gasteiger partial charge in [-0.05, 0) is 49.4 Å². The van der Waals surface area contributed by atoms with Gasteiger partial charge in [0.2, 0.25) is 0 Å². The maximum absolute atomic E-state index is 12.6. The number of pyridine rings is 1. The number of hydrogen-bond donors (Lipinski definition) is 2. The number of rotatable bonds is 7. The van der Waals surface area contributed by atoms with Crippen LogP contribution in [0.25, 0.3) is 0 Å². The van der Waals surface area contributed by atoms with Gasteiger partial charge >= 0.3 is 0 Å². The Kier molecular flexibility index (Phi) is 6.27. The van der Waals surface area contributed by atoms with Crippen molar-refractivity contribution < 1.29 is 14.3 Å². The Morgan fingerprint density at radius 2 is 2.07 bits per heavy atom. The summed E-state index contributed by atoms with van der Waals surface area (Å²) in [7, 11) is 1.65. The van der Waals surface area contributed by atoms with Crippen LogP contribution in [0, 0.1) is 5.92 Å². The van der Waals surface area contributed by atoms with Crippen molar-refractivity contribution in [3.05, 3.63) is 54.4 Å². The van der Waals surface area contributed by atoms with E-state index in [4.69, 9.17) is 9.47 Å². The summed E-state index contributed by atoms with van der Waals surface area (Å²) in [5, 5.41) is 0. The molecule has 0 aliphatic carbocycles. The summed E-state index contributed by atoms with van der Waals surface area (Å²) in [6.07, 6.45) is 6.30. The molecule has 1 aromatic carbocycles. The van der Waals surface area contributed by atoms with Crippen LogP contribution in [0.5, 0.6) is 11.5 Å². The summed E-state index contributed by atoms with van der Waals surface area (Å²) in [6.45, 7) is 2.22. The molecule has 2 aromatic rings. The van der Waals surface area contributed by atoms with Crippen molar-refractivity contribution in [3.8, 4) is 11.5 Å². The molecule has 2 N–H and O–H groups in total. The Balaban J connectivity index is 1.22. The van der Waals surface area contributed by atoms with Gasteiger partial charge in [-0.1, -0.05) is 12.1 Å². The number of nitrogens with one attached hydrogen (secondary N) is 2. The number of ether oxygens (including phenoxy) is 2. The highest BCUT2D eigenvalue weighted by Gasteiger charge is 2.36. The lowest BCUT2D eigenvalue weighted by Gasteiger charge is -2.20. The molecular formula is C22H28N4O3. The van der Waals surface area contributed by atoms with Crippen molar-refractivity contribution >= 4 is 5.91 Å². The summed E-state index contributed by atoms with van der Waals surface area (Å²) in [5.74, 6) is 2.07. The molecular weight excluding hydrogens is 368 g/mol. The number of carbonyl (C=O) groups excluding carboxylic acids is 1. The molecule has 1 amide bonds. The minimum Gasteiger partial charge on any atom is -0.493 e. The monoisotopic (exact) mass is 396 g/mol. The van der Waals surface area contributed by atoms with Crippen LogP contribution in [0.3, 0.4) is 0 Å². The molecule has 1 aromatic heterocycles. The van der Waals surface area contributed by atoms with E-state index >= 15 is 0 Å². The first-order valence-corrected chi connectivity index (χ1v) is 10.2. The summed E-state index contributed by atoms with van der Waals surface area (Å²) in [4.78, 5) is 18.6. The number of hydrazine groups is 1. The second kappa shape index (κ2) is 9.24. The molecule has 0 spiro atoms. The van der Waals surface area contributed by atoms with Crippen LogP contribution in [0.4, 0.5) is 0 Å². The van der Waals surface area contributed by atoms with E-state index in [2.05, 4.69) is 15.8 Å². The van der Waals surface area contributed by atoms with Crippen LogP contribution in [0.2, 0.25) is 0 Å². The smallest absolute Gasteiger partial charge is 0.255 e. The second-order valence-electron chi connectivity index (χ2n) is 7.66. The van der Waals surface area contributed by atoms with Crippen LogP contribution in [0.15, 0.2) is 48.8 Å². The first-order valence-electron chi connectivity index (χ1n) is 10.2. The van der Waals surface area contributed by atoms with E-state index in [1.165, 1.54) is 0 Å². The lowest BCUT2D eigenvalue weighted by molar-refractivity contribution is 0.0784. The molecule has 0 radical (unpaired) electrons. The number of nitrogens with zero attached hydrogens (tertiary/aromatic N) is 2. The number of carbonyl (C=O) groups is 1. The van der Waals surface area contributed by atoms with Gasteiger partial charge < -0.3 is 14.4 Å². The molecule has 4 rings (SSSR count). The highest BCUT2D eigenvalue weighted by atomic mass is 16.5. The lowest BCUT2D eigenvalue weighted by Crippen LogP contribution is -2.39. The number of benzene rings is 1. The van der Waals surface area contributed by atoms with Gasteiger partial charge in [0.05, 0.1) is 19.3 Å². The van der Waals surface area contributed by atoms with Crippen molar-refractivity contribution in [1.82, 2.24) is 20.7 Å². The zero-order chi connectivity index (χ0) is 20.1. The van der Waals surface area contributed by atoms with E-state index in [0.29, 0.717) is 30.2 Å². The summed E-state index contributed by atoms with van der Waals surface area (Å²) < 4.78 is 11.2. The topological polar surface area (TPSA) is 75.7 Å². The minimum atomic E-state index is 0.0771. The first-order chi connectivity index (χ1) is 14.2. The Labute approximate surface area is 171 Å². The molecule has 2 fully saturated rings. The standard InChI is InChI=1S/C22H28N4O3/c1-28-20-6-2-3-7-21(20)29-12-9-18-13-19(25-24-18)17-8-11-26(15-17)22(27)16-5-4-10-23-14-16/h2-7,10,14,17-19,24-25H,8-9,11-13,15H2,1H3. The van der Waals surface area contributed by atoms with Gasteiger partial charge in [-0.15, -0.1) is 0 Å². The van der Waals surface area contributed by atoms with Crippen LogP contribution in [0.1, 0.15) is 29.6 Å². The molecule has 7 nitrogen and oxygen atoms in total. The van der Waals surface area contributed by atoms with Gasteiger partial charge in [0, 0.05) is 37.6 Å². The molecule has 7 heteroatoms. The molecule has 0 saturated carbocycles. The number of aromatic nitrogens is 1. The number of methoxy groups -OCH3 is 1. The summed E-state index contributed by atoms with van der Waals surface area (Å²) in [6, 6.07) is 12.1. The normalized spacial score (nSPS) is 23.9. The number of amides is 1. The van der Waals surface area contributed by atoms with Crippen LogP contribution in [-0.4, -0.2) is 54.7 Å². The molecule has 2 aliphatic rings. The minimum absolute atomic E-state index is 0.0771. The molecule has 2 saturated heterocycles. The van der Waals surface area contributed by atoms with Gasteiger partial charge in [0.1, 0.15) is 0 Å².